The van der Waals surface area contributed by atoms with Crippen molar-refractivity contribution in [3.8, 4) is 0 Å². The number of aryl methyl sites for hydroxylation is 1. The molecule has 0 saturated carbocycles. The van der Waals surface area contributed by atoms with Gasteiger partial charge in [-0.15, -0.1) is 0 Å². The zero-order chi connectivity index (χ0) is 14.9. The van der Waals surface area contributed by atoms with Crippen molar-refractivity contribution >= 4 is 31.6 Å². The van der Waals surface area contributed by atoms with Gasteiger partial charge in [0.2, 0.25) is 0 Å². The first-order chi connectivity index (χ1) is 9.31. The summed E-state index contributed by atoms with van der Waals surface area (Å²) in [5, 5.41) is 0. The molecule has 0 amide bonds. The van der Waals surface area contributed by atoms with Crippen LogP contribution in [-0.2, 0) is 10.0 Å². The molecule has 0 atom stereocenters. The molecule has 0 unspecified atom stereocenters. The summed E-state index contributed by atoms with van der Waals surface area (Å²) in [6.45, 7) is 3.39. The molecule has 2 rings (SSSR count). The van der Waals surface area contributed by atoms with E-state index >= 15 is 0 Å². The Hall–Kier alpha value is -1.40. The first-order valence-electron chi connectivity index (χ1n) is 5.85. The molecule has 0 aromatic heterocycles. The van der Waals surface area contributed by atoms with Crippen LogP contribution in [0.5, 0.6) is 0 Å². The number of hydrogen-bond donors (Lipinski definition) is 1. The summed E-state index contributed by atoms with van der Waals surface area (Å²) in [7, 11) is -3.76. The van der Waals surface area contributed by atoms with Crippen molar-refractivity contribution in [2.75, 3.05) is 4.72 Å². The van der Waals surface area contributed by atoms with Gasteiger partial charge in [0.1, 0.15) is 10.7 Å². The highest BCUT2D eigenvalue weighted by atomic mass is 79.9. The van der Waals surface area contributed by atoms with Crippen LogP contribution in [0, 0.1) is 19.7 Å². The number of anilines is 1. The fourth-order valence-electron chi connectivity index (χ4n) is 1.74. The second-order valence-corrected chi connectivity index (χ2v) is 6.96. The average molecular weight is 358 g/mol. The fourth-order valence-corrected chi connectivity index (χ4v) is 4.06. The largest absolute Gasteiger partial charge is 0.279 e. The zero-order valence-corrected chi connectivity index (χ0v) is 13.3. The smallest absolute Gasteiger partial charge is 0.263 e. The van der Waals surface area contributed by atoms with Gasteiger partial charge in [0, 0.05) is 10.0 Å². The van der Waals surface area contributed by atoms with E-state index in [9.17, 15) is 12.8 Å². The van der Waals surface area contributed by atoms with E-state index in [2.05, 4.69) is 20.7 Å². The lowest BCUT2D eigenvalue weighted by Crippen LogP contribution is -2.14. The molecule has 0 bridgehead atoms. The monoisotopic (exact) mass is 357 g/mol. The maximum atomic E-state index is 13.4. The molecule has 0 aliphatic heterocycles. The standard InChI is InChI=1S/C14H13BrFNO2S/c1-9-6-7-14(11(15)8-9)20(18,19)17-13-5-3-4-12(16)10(13)2/h3-8,17H,1-2H3. The van der Waals surface area contributed by atoms with Crippen LogP contribution < -0.4 is 4.72 Å². The van der Waals surface area contributed by atoms with E-state index in [0.29, 0.717) is 4.47 Å². The SMILES string of the molecule is Cc1ccc(S(=O)(=O)Nc2cccc(F)c2C)c(Br)c1. The van der Waals surface area contributed by atoms with E-state index in [0.717, 1.165) is 5.56 Å². The highest BCUT2D eigenvalue weighted by Crippen LogP contribution is 2.26. The molecule has 0 heterocycles. The topological polar surface area (TPSA) is 46.2 Å². The quantitative estimate of drug-likeness (QED) is 0.901. The summed E-state index contributed by atoms with van der Waals surface area (Å²) in [6, 6.07) is 9.21. The predicted octanol–water partition coefficient (Wildman–Crippen LogP) is 4.01. The third-order valence-electron chi connectivity index (χ3n) is 2.89. The van der Waals surface area contributed by atoms with Gasteiger partial charge in [-0.1, -0.05) is 12.1 Å². The molecular weight excluding hydrogens is 345 g/mol. The van der Waals surface area contributed by atoms with Crippen molar-refractivity contribution in [2.24, 2.45) is 0 Å². The van der Waals surface area contributed by atoms with E-state index in [1.165, 1.54) is 31.2 Å². The summed E-state index contributed by atoms with van der Waals surface area (Å²) < 4.78 is 41.0. The van der Waals surface area contributed by atoms with Gasteiger partial charge in [0.05, 0.1) is 5.69 Å². The highest BCUT2D eigenvalue weighted by Gasteiger charge is 2.19. The Labute approximate surface area is 126 Å². The minimum Gasteiger partial charge on any atom is -0.279 e. The molecule has 0 spiro atoms. The van der Waals surface area contributed by atoms with E-state index in [4.69, 9.17) is 0 Å². The van der Waals surface area contributed by atoms with E-state index < -0.39 is 15.8 Å². The first-order valence-corrected chi connectivity index (χ1v) is 8.13. The van der Waals surface area contributed by atoms with Gasteiger partial charge in [-0.05, 0) is 59.6 Å². The molecule has 20 heavy (non-hydrogen) atoms. The summed E-state index contributed by atoms with van der Waals surface area (Å²) in [4.78, 5) is 0.117. The molecule has 2 aromatic carbocycles. The lowest BCUT2D eigenvalue weighted by atomic mass is 10.2. The Morgan fingerprint density at radius 3 is 2.50 bits per heavy atom. The van der Waals surface area contributed by atoms with Crippen molar-refractivity contribution in [3.63, 3.8) is 0 Å². The minimum absolute atomic E-state index is 0.117. The second-order valence-electron chi connectivity index (χ2n) is 4.45. The van der Waals surface area contributed by atoms with Gasteiger partial charge in [-0.2, -0.15) is 0 Å². The van der Waals surface area contributed by atoms with Gasteiger partial charge in [0.25, 0.3) is 10.0 Å². The second kappa shape index (κ2) is 5.54. The maximum absolute atomic E-state index is 13.4. The number of nitrogens with one attached hydrogen (secondary N) is 1. The minimum atomic E-state index is -3.76. The van der Waals surface area contributed by atoms with Gasteiger partial charge in [-0.3, -0.25) is 4.72 Å². The molecule has 0 radical (unpaired) electrons. The third kappa shape index (κ3) is 3.02. The molecule has 0 fully saturated rings. The van der Waals surface area contributed by atoms with Gasteiger partial charge in [-0.25, -0.2) is 12.8 Å². The van der Waals surface area contributed by atoms with Crippen LogP contribution >= 0.6 is 15.9 Å². The van der Waals surface area contributed by atoms with Crippen molar-refractivity contribution < 1.29 is 12.8 Å². The summed E-state index contributed by atoms with van der Waals surface area (Å²) in [5.41, 5.74) is 1.44. The van der Waals surface area contributed by atoms with Crippen LogP contribution in [0.25, 0.3) is 0 Å². The Morgan fingerprint density at radius 1 is 1.15 bits per heavy atom. The number of benzene rings is 2. The molecule has 106 valence electrons. The number of halogens is 2. The van der Waals surface area contributed by atoms with E-state index in [1.807, 2.05) is 6.92 Å². The summed E-state index contributed by atoms with van der Waals surface area (Å²) in [5.74, 6) is -0.451. The molecule has 0 saturated heterocycles. The number of rotatable bonds is 3. The molecular formula is C14H13BrFNO2S. The Morgan fingerprint density at radius 2 is 1.85 bits per heavy atom. The summed E-state index contributed by atoms with van der Waals surface area (Å²) >= 11 is 3.24. The first kappa shape index (κ1) is 15.0. The lowest BCUT2D eigenvalue weighted by molar-refractivity contribution is 0.600. The predicted molar refractivity (Wildman–Crippen MR) is 80.8 cm³/mol. The molecule has 0 aliphatic carbocycles. The Bertz CT molecular complexity index is 760. The van der Waals surface area contributed by atoms with Crippen LogP contribution in [0.15, 0.2) is 45.8 Å². The van der Waals surface area contributed by atoms with Crippen molar-refractivity contribution in [1.29, 1.82) is 0 Å². The molecule has 6 heteroatoms. The normalized spacial score (nSPS) is 11.4. The van der Waals surface area contributed by atoms with Gasteiger partial charge < -0.3 is 0 Å². The van der Waals surface area contributed by atoms with Crippen LogP contribution in [0.4, 0.5) is 10.1 Å². The fraction of sp³-hybridized carbons (Fsp3) is 0.143. The lowest BCUT2D eigenvalue weighted by Gasteiger charge is -2.12. The van der Waals surface area contributed by atoms with Crippen LogP contribution in [-0.4, -0.2) is 8.42 Å². The average Bonchev–Trinajstić information content (AvgIpc) is 2.34. The van der Waals surface area contributed by atoms with Crippen LogP contribution in [0.1, 0.15) is 11.1 Å². The zero-order valence-electron chi connectivity index (χ0n) is 10.9. The highest BCUT2D eigenvalue weighted by molar-refractivity contribution is 9.10. The maximum Gasteiger partial charge on any atom is 0.263 e. The Kier molecular flexibility index (Phi) is 4.15. The summed E-state index contributed by atoms with van der Waals surface area (Å²) in [6.07, 6.45) is 0. The molecule has 2 aromatic rings. The Balaban J connectivity index is 2.44. The molecule has 0 aliphatic rings. The van der Waals surface area contributed by atoms with Crippen molar-refractivity contribution in [3.05, 3.63) is 57.8 Å². The number of sulfonamides is 1. The van der Waals surface area contributed by atoms with Crippen LogP contribution in [0.2, 0.25) is 0 Å². The van der Waals surface area contributed by atoms with Crippen molar-refractivity contribution in [1.82, 2.24) is 0 Å². The molecule has 1 N–H and O–H groups in total. The van der Waals surface area contributed by atoms with Crippen molar-refractivity contribution in [2.45, 2.75) is 18.7 Å². The van der Waals surface area contributed by atoms with E-state index in [-0.39, 0.29) is 16.1 Å². The van der Waals surface area contributed by atoms with Crippen LogP contribution in [0.3, 0.4) is 0 Å². The number of hydrogen-bond acceptors (Lipinski definition) is 2. The van der Waals surface area contributed by atoms with Gasteiger partial charge >= 0.3 is 0 Å². The van der Waals surface area contributed by atoms with E-state index in [1.54, 1.807) is 12.1 Å². The third-order valence-corrected chi connectivity index (χ3v) is 5.23. The molecule has 3 nitrogen and oxygen atoms in total. The van der Waals surface area contributed by atoms with Gasteiger partial charge in [0.15, 0.2) is 0 Å².